The molecule has 1 aliphatic heterocycles. The van der Waals surface area contributed by atoms with E-state index >= 15 is 0 Å². The van der Waals surface area contributed by atoms with Gasteiger partial charge in [0.05, 0.1) is 18.3 Å². The van der Waals surface area contributed by atoms with Gasteiger partial charge in [-0.05, 0) is 33.1 Å². The van der Waals surface area contributed by atoms with E-state index in [1.807, 2.05) is 13.0 Å². The fourth-order valence-electron chi connectivity index (χ4n) is 1.95. The summed E-state index contributed by atoms with van der Waals surface area (Å²) in [5.74, 6) is 0. The molecule has 2 nitrogen and oxygen atoms in total. The van der Waals surface area contributed by atoms with E-state index in [4.69, 9.17) is 4.74 Å². The van der Waals surface area contributed by atoms with Crippen molar-refractivity contribution in [2.45, 2.75) is 51.7 Å². The second-order valence-corrected chi connectivity index (χ2v) is 5.26. The van der Waals surface area contributed by atoms with E-state index < -0.39 is 0 Å². The van der Waals surface area contributed by atoms with E-state index in [-0.39, 0.29) is 23.7 Å². The molecule has 0 spiro atoms. The Labute approximate surface area is 87.0 Å². The fraction of sp³-hybridized carbons (Fsp3) is 0.833. The zero-order valence-corrected chi connectivity index (χ0v) is 9.55. The molecule has 0 radical (unpaired) electrons. The summed E-state index contributed by atoms with van der Waals surface area (Å²) in [6.07, 6.45) is 5.19. The largest absolute Gasteiger partial charge is 0.395 e. The molecule has 1 rings (SSSR count). The van der Waals surface area contributed by atoms with E-state index in [1.54, 1.807) is 0 Å². The summed E-state index contributed by atoms with van der Waals surface area (Å²) < 4.78 is 5.89. The van der Waals surface area contributed by atoms with E-state index in [9.17, 15) is 5.11 Å². The summed E-state index contributed by atoms with van der Waals surface area (Å²) in [4.78, 5) is 0. The summed E-state index contributed by atoms with van der Waals surface area (Å²) in [6, 6.07) is 0. The lowest BCUT2D eigenvalue weighted by Crippen LogP contribution is -2.27. The highest BCUT2D eigenvalue weighted by atomic mass is 16.5. The average Bonchev–Trinajstić information content (AvgIpc) is 2.45. The smallest absolute Gasteiger partial charge is 0.0631 e. The summed E-state index contributed by atoms with van der Waals surface area (Å²) >= 11 is 0. The van der Waals surface area contributed by atoms with Crippen molar-refractivity contribution < 1.29 is 9.84 Å². The zero-order valence-electron chi connectivity index (χ0n) is 9.55. The molecule has 1 heterocycles. The van der Waals surface area contributed by atoms with Crippen LogP contribution in [0, 0.1) is 5.41 Å². The normalized spacial score (nSPS) is 29.9. The minimum absolute atomic E-state index is 0.0161. The van der Waals surface area contributed by atoms with Gasteiger partial charge >= 0.3 is 0 Å². The molecule has 2 atom stereocenters. The predicted octanol–water partition coefficient (Wildman–Crippen LogP) is 2.52. The molecule has 1 fully saturated rings. The monoisotopic (exact) mass is 198 g/mol. The van der Waals surface area contributed by atoms with Crippen molar-refractivity contribution in [3.8, 4) is 0 Å². The highest BCUT2D eigenvalue weighted by Gasteiger charge is 2.35. The lowest BCUT2D eigenvalue weighted by molar-refractivity contribution is -0.0339. The Bertz CT molecular complexity index is 210. The Balaban J connectivity index is 2.50. The third kappa shape index (κ3) is 2.82. The molecule has 0 aromatic rings. The van der Waals surface area contributed by atoms with Gasteiger partial charge in [0.2, 0.25) is 0 Å². The minimum Gasteiger partial charge on any atom is -0.395 e. The van der Waals surface area contributed by atoms with Crippen molar-refractivity contribution in [3.05, 3.63) is 12.7 Å². The molecule has 1 saturated heterocycles. The maximum absolute atomic E-state index is 9.25. The van der Waals surface area contributed by atoms with Crippen LogP contribution in [0.3, 0.4) is 0 Å². The van der Waals surface area contributed by atoms with Crippen molar-refractivity contribution in [2.24, 2.45) is 5.41 Å². The van der Waals surface area contributed by atoms with Gasteiger partial charge in [-0.3, -0.25) is 0 Å². The van der Waals surface area contributed by atoms with Gasteiger partial charge in [0, 0.05) is 5.41 Å². The van der Waals surface area contributed by atoms with Gasteiger partial charge in [-0.2, -0.15) is 0 Å². The molecule has 0 aromatic carbocycles. The maximum Gasteiger partial charge on any atom is 0.0631 e. The molecule has 2 unspecified atom stereocenters. The number of ether oxygens (including phenoxy) is 1. The predicted molar refractivity (Wildman–Crippen MR) is 58.2 cm³/mol. The van der Waals surface area contributed by atoms with Crippen LogP contribution in [0.1, 0.15) is 40.0 Å². The van der Waals surface area contributed by atoms with Crippen LogP contribution >= 0.6 is 0 Å². The summed E-state index contributed by atoms with van der Waals surface area (Å²) in [6.45, 7) is 10.2. The SMILES string of the molecule is C=CC(C)(CO)CC1CCC(C)(C)O1. The van der Waals surface area contributed by atoms with Gasteiger partial charge in [0.1, 0.15) is 0 Å². The van der Waals surface area contributed by atoms with Gasteiger partial charge in [-0.25, -0.2) is 0 Å². The van der Waals surface area contributed by atoms with E-state index in [1.165, 1.54) is 0 Å². The lowest BCUT2D eigenvalue weighted by Gasteiger charge is -2.27. The van der Waals surface area contributed by atoms with Crippen LogP contribution in [-0.2, 0) is 4.74 Å². The van der Waals surface area contributed by atoms with Crippen LogP contribution in [0.5, 0.6) is 0 Å². The third-order valence-corrected chi connectivity index (χ3v) is 3.10. The number of aliphatic hydroxyl groups excluding tert-OH is 1. The van der Waals surface area contributed by atoms with Gasteiger partial charge in [0.15, 0.2) is 0 Å². The first-order valence-electron chi connectivity index (χ1n) is 5.33. The second-order valence-electron chi connectivity index (χ2n) is 5.26. The molecule has 0 aliphatic carbocycles. The average molecular weight is 198 g/mol. The van der Waals surface area contributed by atoms with Crippen molar-refractivity contribution in [1.82, 2.24) is 0 Å². The van der Waals surface area contributed by atoms with Crippen LogP contribution in [0.4, 0.5) is 0 Å². The number of aliphatic hydroxyl groups is 1. The molecule has 1 aliphatic rings. The number of hydrogen-bond donors (Lipinski definition) is 1. The Kier molecular flexibility index (Phi) is 3.38. The zero-order chi connectivity index (χ0) is 10.8. The van der Waals surface area contributed by atoms with Gasteiger partial charge in [-0.1, -0.05) is 13.0 Å². The molecule has 0 bridgehead atoms. The Morgan fingerprint density at radius 1 is 1.64 bits per heavy atom. The topological polar surface area (TPSA) is 29.5 Å². The first-order valence-corrected chi connectivity index (χ1v) is 5.33. The van der Waals surface area contributed by atoms with Crippen molar-refractivity contribution >= 4 is 0 Å². The van der Waals surface area contributed by atoms with Crippen LogP contribution in [0.15, 0.2) is 12.7 Å². The van der Waals surface area contributed by atoms with Crippen molar-refractivity contribution in [1.29, 1.82) is 0 Å². The lowest BCUT2D eigenvalue weighted by atomic mass is 9.85. The van der Waals surface area contributed by atoms with Crippen LogP contribution in [0.25, 0.3) is 0 Å². The van der Waals surface area contributed by atoms with Crippen LogP contribution < -0.4 is 0 Å². The summed E-state index contributed by atoms with van der Waals surface area (Å²) in [5, 5.41) is 9.25. The Morgan fingerprint density at radius 3 is 2.64 bits per heavy atom. The van der Waals surface area contributed by atoms with Gasteiger partial charge in [-0.15, -0.1) is 6.58 Å². The number of rotatable bonds is 4. The molecular formula is C12H22O2. The standard InChI is InChI=1S/C12H22O2/c1-5-12(4,9-13)8-10-6-7-11(2,3)14-10/h5,10,13H,1,6-9H2,2-4H3. The first-order chi connectivity index (χ1) is 6.41. The van der Waals surface area contributed by atoms with E-state index in [0.29, 0.717) is 0 Å². The van der Waals surface area contributed by atoms with Crippen LogP contribution in [0.2, 0.25) is 0 Å². The second kappa shape index (κ2) is 4.03. The maximum atomic E-state index is 9.25. The van der Waals surface area contributed by atoms with Crippen LogP contribution in [-0.4, -0.2) is 23.4 Å². The molecule has 0 saturated carbocycles. The third-order valence-electron chi connectivity index (χ3n) is 3.10. The minimum atomic E-state index is -0.189. The van der Waals surface area contributed by atoms with Crippen molar-refractivity contribution in [3.63, 3.8) is 0 Å². The quantitative estimate of drug-likeness (QED) is 0.703. The van der Waals surface area contributed by atoms with Gasteiger partial charge < -0.3 is 9.84 Å². The molecule has 0 amide bonds. The highest BCUT2D eigenvalue weighted by molar-refractivity contribution is 4.95. The molecule has 14 heavy (non-hydrogen) atoms. The molecule has 0 aromatic heterocycles. The fourth-order valence-corrected chi connectivity index (χ4v) is 1.95. The highest BCUT2D eigenvalue weighted by Crippen LogP contribution is 2.36. The Hall–Kier alpha value is -0.340. The summed E-state index contributed by atoms with van der Waals surface area (Å²) in [5.41, 5.74) is -0.173. The van der Waals surface area contributed by atoms with E-state index in [2.05, 4.69) is 20.4 Å². The first kappa shape index (κ1) is 11.7. The molecular weight excluding hydrogens is 176 g/mol. The van der Waals surface area contributed by atoms with Gasteiger partial charge in [0.25, 0.3) is 0 Å². The molecule has 2 heteroatoms. The van der Waals surface area contributed by atoms with Crippen molar-refractivity contribution in [2.75, 3.05) is 6.61 Å². The Morgan fingerprint density at radius 2 is 2.29 bits per heavy atom. The molecule has 82 valence electrons. The van der Waals surface area contributed by atoms with E-state index in [0.717, 1.165) is 19.3 Å². The number of hydrogen-bond acceptors (Lipinski definition) is 2. The summed E-state index contributed by atoms with van der Waals surface area (Å²) in [7, 11) is 0. The molecule has 1 N–H and O–H groups in total.